The fraction of sp³-hybridized carbons (Fsp3) is 0.571. The van der Waals surface area contributed by atoms with Crippen LogP contribution < -0.4 is 126 Å². The summed E-state index contributed by atoms with van der Waals surface area (Å²) < 4.78 is 0. The van der Waals surface area contributed by atoms with Crippen molar-refractivity contribution < 1.29 is 133 Å². The first-order chi connectivity index (χ1) is 19.3. The summed E-state index contributed by atoms with van der Waals surface area (Å²) in [5.41, 5.74) is 6.14. The molecule has 0 aliphatic rings. The fourth-order valence-electron chi connectivity index (χ4n) is 4.66. The number of nitrogens with one attached hydrogen (secondary N) is 3. The molecule has 6 unspecified atom stereocenters. The van der Waals surface area contributed by atoms with E-state index in [1.807, 2.05) is 37.3 Å². The van der Waals surface area contributed by atoms with E-state index in [-0.39, 0.29) is 115 Å². The molecule has 16 heteroatoms. The van der Waals surface area contributed by atoms with E-state index in [0.717, 1.165) is 5.56 Å². The number of nitrogens with two attached hydrogens (primary N) is 1. The van der Waals surface area contributed by atoms with Gasteiger partial charge in [-0.15, -0.1) is 0 Å². The van der Waals surface area contributed by atoms with Crippen molar-refractivity contribution in [2.24, 2.45) is 41.2 Å². The molecule has 13 nitrogen and oxygen atoms in total. The number of carbonyl (C=O) groups excluding carboxylic acids is 6. The summed E-state index contributed by atoms with van der Waals surface area (Å²) in [5, 5.41) is 44.6. The van der Waals surface area contributed by atoms with Crippen molar-refractivity contribution in [3.63, 3.8) is 0 Å². The molecule has 0 radical (unpaired) electrons. The zero-order chi connectivity index (χ0) is 31.1. The second-order valence-electron chi connectivity index (χ2n) is 10.0. The Morgan fingerprint density at radius 3 is 1.77 bits per heavy atom. The van der Waals surface area contributed by atoms with Gasteiger partial charge in [0.2, 0.25) is 17.7 Å². The minimum absolute atomic E-state index is 0. The number of carbonyl (C=O) groups is 6. The van der Waals surface area contributed by atoms with E-state index in [0.29, 0.717) is 13.0 Å². The van der Waals surface area contributed by atoms with Gasteiger partial charge in [-0.25, -0.2) is 0 Å². The minimum Gasteiger partial charge on any atom is -0.550 e. The van der Waals surface area contributed by atoms with E-state index < -0.39 is 77.6 Å². The van der Waals surface area contributed by atoms with Crippen molar-refractivity contribution in [2.45, 2.75) is 40.0 Å². The number of hydrogen-bond acceptors (Lipinski definition) is 10. The number of carboxylic acids is 3. The maximum Gasteiger partial charge on any atom is 1.00 e. The zero-order valence-corrected chi connectivity index (χ0v) is 32.6. The molecule has 0 aromatic heterocycles. The van der Waals surface area contributed by atoms with Crippen LogP contribution in [0.5, 0.6) is 0 Å². The van der Waals surface area contributed by atoms with Crippen molar-refractivity contribution in [3.05, 3.63) is 35.9 Å². The molecule has 0 heterocycles. The van der Waals surface area contributed by atoms with Crippen LogP contribution in [-0.2, 0) is 35.2 Å². The third-order valence-corrected chi connectivity index (χ3v) is 7.06. The quantitative estimate of drug-likeness (QED) is 0.0773. The van der Waals surface area contributed by atoms with Crippen molar-refractivity contribution in [1.82, 2.24) is 16.0 Å². The van der Waals surface area contributed by atoms with Gasteiger partial charge in [-0.2, -0.15) is 0 Å². The molecular formula is C28H39N4Na3O9. The van der Waals surface area contributed by atoms with Gasteiger partial charge >= 0.3 is 88.7 Å². The normalized spacial score (nSPS) is 14.3. The largest absolute Gasteiger partial charge is 1.00 e. The van der Waals surface area contributed by atoms with E-state index >= 15 is 0 Å². The van der Waals surface area contributed by atoms with Crippen LogP contribution in [0.4, 0.5) is 0 Å². The average molecular weight is 645 g/mol. The van der Waals surface area contributed by atoms with E-state index in [1.54, 1.807) is 0 Å². The number of primary amides is 1. The van der Waals surface area contributed by atoms with E-state index in [4.69, 9.17) is 5.73 Å². The molecule has 0 fully saturated rings. The first-order valence-electron chi connectivity index (χ1n) is 13.5. The van der Waals surface area contributed by atoms with Crippen molar-refractivity contribution in [3.8, 4) is 0 Å². The Hall–Kier alpha value is -1.000. The summed E-state index contributed by atoms with van der Waals surface area (Å²) in [6.07, 6.45) is -0.677. The number of carboxylic acid groups (broad SMARTS) is 3. The Labute approximate surface area is 324 Å². The fourth-order valence-corrected chi connectivity index (χ4v) is 4.66. The molecular weight excluding hydrogens is 605 g/mol. The van der Waals surface area contributed by atoms with Gasteiger partial charge in [0.15, 0.2) is 0 Å². The van der Waals surface area contributed by atoms with Gasteiger partial charge in [-0.3, -0.25) is 14.4 Å². The van der Waals surface area contributed by atoms with Gasteiger partial charge in [0, 0.05) is 73.0 Å². The Balaban J connectivity index is -0.00000560. The van der Waals surface area contributed by atoms with Crippen LogP contribution in [0.2, 0.25) is 0 Å². The molecule has 6 atom stereocenters. The Bertz CT molecular complexity index is 1070. The molecule has 0 spiro atoms. The van der Waals surface area contributed by atoms with Crippen molar-refractivity contribution >= 4 is 35.6 Å². The van der Waals surface area contributed by atoms with Crippen LogP contribution in [0.1, 0.15) is 39.2 Å². The van der Waals surface area contributed by atoms with Gasteiger partial charge in [0.1, 0.15) is 0 Å². The van der Waals surface area contributed by atoms with Crippen LogP contribution in [-0.4, -0.2) is 61.8 Å². The third-order valence-electron chi connectivity index (χ3n) is 7.06. The monoisotopic (exact) mass is 644 g/mol. The SMILES string of the molecule is CCNCCNC(=O)C(CC(CC(C)C(N)=O)C(=O)[O-])C(C(=O)[O-])C(C(=O)[O-])C(C)C(=O)NCCc1ccccc1.[Na+].[Na+].[Na+]. The molecule has 1 aromatic rings. The summed E-state index contributed by atoms with van der Waals surface area (Å²) >= 11 is 0. The van der Waals surface area contributed by atoms with Crippen LogP contribution in [0.25, 0.3) is 0 Å². The van der Waals surface area contributed by atoms with E-state index in [9.17, 15) is 44.1 Å². The van der Waals surface area contributed by atoms with Crippen LogP contribution in [0, 0.1) is 35.5 Å². The second kappa shape index (κ2) is 25.1. The van der Waals surface area contributed by atoms with E-state index in [2.05, 4.69) is 16.0 Å². The summed E-state index contributed by atoms with van der Waals surface area (Å²) in [7, 11) is 0. The molecule has 0 aliphatic heterocycles. The topological polar surface area (TPSA) is 234 Å². The molecule has 0 aliphatic carbocycles. The third kappa shape index (κ3) is 16.5. The minimum atomic E-state index is -2.15. The van der Waals surface area contributed by atoms with Crippen LogP contribution >= 0.6 is 0 Å². The van der Waals surface area contributed by atoms with Gasteiger partial charge in [0.25, 0.3) is 0 Å². The molecule has 1 aromatic carbocycles. The Kier molecular flexibility index (Phi) is 27.1. The van der Waals surface area contributed by atoms with E-state index in [1.165, 1.54) is 13.8 Å². The second-order valence-corrected chi connectivity index (χ2v) is 10.0. The molecule has 0 saturated heterocycles. The van der Waals surface area contributed by atoms with Gasteiger partial charge in [0.05, 0.1) is 0 Å². The Morgan fingerprint density at radius 1 is 0.750 bits per heavy atom. The average Bonchev–Trinajstić information content (AvgIpc) is 2.91. The zero-order valence-electron chi connectivity index (χ0n) is 26.6. The molecule has 228 valence electrons. The van der Waals surface area contributed by atoms with Crippen LogP contribution in [0.15, 0.2) is 30.3 Å². The number of hydrogen-bond donors (Lipinski definition) is 4. The number of amides is 3. The predicted octanol–water partition coefficient (Wildman–Crippen LogP) is -12.7. The van der Waals surface area contributed by atoms with Gasteiger partial charge < -0.3 is 51.4 Å². The molecule has 3 amide bonds. The number of rotatable bonds is 20. The molecule has 5 N–H and O–H groups in total. The molecule has 44 heavy (non-hydrogen) atoms. The summed E-state index contributed by atoms with van der Waals surface area (Å²) in [4.78, 5) is 74.3. The smallest absolute Gasteiger partial charge is 0.550 e. The number of aliphatic carboxylic acids is 3. The first kappa shape index (κ1) is 47.4. The van der Waals surface area contributed by atoms with Crippen molar-refractivity contribution in [2.75, 3.05) is 26.2 Å². The van der Waals surface area contributed by atoms with Crippen molar-refractivity contribution in [1.29, 1.82) is 0 Å². The predicted molar refractivity (Wildman–Crippen MR) is 140 cm³/mol. The van der Waals surface area contributed by atoms with Crippen LogP contribution in [0.3, 0.4) is 0 Å². The first-order valence-corrected chi connectivity index (χ1v) is 13.5. The molecule has 0 bridgehead atoms. The number of benzene rings is 1. The Morgan fingerprint density at radius 2 is 1.30 bits per heavy atom. The standard InChI is InChI=1S/C28H42N4O9.3Na/c1-4-30-12-13-32-25(35)20(15-19(26(36)37)14-16(2)23(29)33)22(28(40)41)21(27(38)39)17(3)24(34)31-11-10-18-8-6-5-7-9-18;;;/h5-9,16-17,19-22,30H,4,10-15H2,1-3H3,(H2,29,33)(H,31,34)(H,32,35)(H,36,37)(H,38,39)(H,40,41);;;/q;3*+1/p-3. The van der Waals surface area contributed by atoms with Gasteiger partial charge in [-0.05, 0) is 31.4 Å². The van der Waals surface area contributed by atoms with Gasteiger partial charge in [-0.1, -0.05) is 51.1 Å². The molecule has 1 rings (SSSR count). The maximum absolute atomic E-state index is 13.2. The summed E-state index contributed by atoms with van der Waals surface area (Å²) in [5.74, 6) is -18.2. The maximum atomic E-state index is 13.2. The summed E-state index contributed by atoms with van der Waals surface area (Å²) in [6.45, 7) is 5.35. The number of likely N-dealkylation sites (N-methyl/N-ethyl adjacent to an activating group) is 1. The summed E-state index contributed by atoms with van der Waals surface area (Å²) in [6, 6.07) is 9.10. The molecule has 0 saturated carbocycles.